The van der Waals surface area contributed by atoms with E-state index in [1.165, 1.54) is 24.3 Å². The summed E-state index contributed by atoms with van der Waals surface area (Å²) in [7, 11) is 0. The summed E-state index contributed by atoms with van der Waals surface area (Å²) in [6, 6.07) is 6.98. The first-order valence-corrected chi connectivity index (χ1v) is 9.33. The lowest BCUT2D eigenvalue weighted by atomic mass is 10.1. The van der Waals surface area contributed by atoms with E-state index in [2.05, 4.69) is 5.32 Å². The molecule has 0 bridgehead atoms. The van der Waals surface area contributed by atoms with Crippen molar-refractivity contribution in [2.24, 2.45) is 0 Å². The van der Waals surface area contributed by atoms with Crippen LogP contribution in [0.1, 0.15) is 5.56 Å². The second kappa shape index (κ2) is 8.51. The van der Waals surface area contributed by atoms with Crippen molar-refractivity contribution in [1.29, 1.82) is 0 Å². The van der Waals surface area contributed by atoms with Crippen LogP contribution in [0.15, 0.2) is 41.3 Å². The number of nitrogens with zero attached hydrogens (tertiary/aromatic N) is 2. The third kappa shape index (κ3) is 4.58. The highest BCUT2D eigenvalue weighted by Crippen LogP contribution is 2.34. The lowest BCUT2D eigenvalue weighted by molar-refractivity contribution is -0.385. The average molecular weight is 452 g/mol. The molecule has 154 valence electrons. The Kier molecular flexibility index (Phi) is 6.04. The molecule has 1 heterocycles. The fourth-order valence-electron chi connectivity index (χ4n) is 2.48. The molecule has 9 nitrogen and oxygen atoms in total. The number of rotatable bonds is 5. The summed E-state index contributed by atoms with van der Waals surface area (Å²) in [5, 5.41) is 21.9. The van der Waals surface area contributed by atoms with Crippen LogP contribution >= 0.6 is 23.4 Å². The van der Waals surface area contributed by atoms with E-state index in [9.17, 15) is 34.0 Å². The van der Waals surface area contributed by atoms with Gasteiger partial charge in [-0.25, -0.2) is 4.39 Å². The van der Waals surface area contributed by atoms with E-state index in [1.54, 1.807) is 0 Å². The molecule has 0 aromatic heterocycles. The topological polar surface area (TPSA) is 130 Å². The highest BCUT2D eigenvalue weighted by molar-refractivity contribution is 8.18. The van der Waals surface area contributed by atoms with Gasteiger partial charge in [-0.1, -0.05) is 17.7 Å². The van der Waals surface area contributed by atoms with Gasteiger partial charge in [0.25, 0.3) is 11.1 Å². The van der Waals surface area contributed by atoms with Crippen molar-refractivity contribution < 1.29 is 28.8 Å². The zero-order chi connectivity index (χ0) is 22.0. The maximum atomic E-state index is 13.2. The molecule has 1 aliphatic heterocycles. The number of aromatic hydroxyl groups is 1. The number of carbonyl (C=O) groups is 3. The van der Waals surface area contributed by atoms with Crippen molar-refractivity contribution >= 4 is 57.9 Å². The van der Waals surface area contributed by atoms with E-state index in [-0.39, 0.29) is 21.2 Å². The monoisotopic (exact) mass is 451 g/mol. The van der Waals surface area contributed by atoms with Crippen LogP contribution in [0, 0.1) is 15.9 Å². The molecule has 3 amide bonds. The normalized spacial score (nSPS) is 15.0. The molecule has 0 radical (unpaired) electrons. The molecule has 0 spiro atoms. The predicted molar refractivity (Wildman–Crippen MR) is 107 cm³/mol. The fraction of sp³-hybridized carbons (Fsp3) is 0.0556. The van der Waals surface area contributed by atoms with Crippen LogP contribution in [0.4, 0.5) is 20.6 Å². The minimum absolute atomic E-state index is 0.0439. The van der Waals surface area contributed by atoms with Crippen molar-refractivity contribution in [2.75, 3.05) is 11.9 Å². The van der Waals surface area contributed by atoms with Crippen LogP contribution in [0.5, 0.6) is 5.75 Å². The van der Waals surface area contributed by atoms with E-state index in [4.69, 9.17) is 11.6 Å². The summed E-state index contributed by atoms with van der Waals surface area (Å²) in [5.74, 6) is -2.67. The zero-order valence-electron chi connectivity index (χ0n) is 14.8. The summed E-state index contributed by atoms with van der Waals surface area (Å²) >= 11 is 6.20. The number of hydrogen-bond acceptors (Lipinski definition) is 7. The lowest BCUT2D eigenvalue weighted by Gasteiger charge is -2.12. The molecular formula is C18H11ClFN3O6S. The number of halogens is 2. The van der Waals surface area contributed by atoms with Gasteiger partial charge in [-0.2, -0.15) is 0 Å². The molecule has 0 atom stereocenters. The smallest absolute Gasteiger partial charge is 0.311 e. The lowest BCUT2D eigenvalue weighted by Crippen LogP contribution is -2.36. The van der Waals surface area contributed by atoms with Crippen LogP contribution in [-0.2, 0) is 9.59 Å². The van der Waals surface area contributed by atoms with Crippen molar-refractivity contribution in [3.63, 3.8) is 0 Å². The number of phenolic OH excluding ortho intramolecular Hbond substituents is 1. The SMILES string of the molecule is O=C(CN1C(=O)S/C(=C/c2ccc(O)c([N+](=O)[O-])c2)C1=O)Nc1ccc(F)c(Cl)c1. The van der Waals surface area contributed by atoms with Crippen LogP contribution < -0.4 is 5.32 Å². The van der Waals surface area contributed by atoms with Crippen LogP contribution in [0.2, 0.25) is 5.02 Å². The molecule has 0 saturated carbocycles. The number of thioether (sulfide) groups is 1. The van der Waals surface area contributed by atoms with Gasteiger partial charge >= 0.3 is 5.69 Å². The zero-order valence-corrected chi connectivity index (χ0v) is 16.4. The molecule has 2 aromatic rings. The van der Waals surface area contributed by atoms with E-state index >= 15 is 0 Å². The third-order valence-corrected chi connectivity index (χ3v) is 5.07. The molecule has 2 aromatic carbocycles. The molecule has 3 rings (SSSR count). The van der Waals surface area contributed by atoms with Gasteiger partial charge in [0.1, 0.15) is 12.4 Å². The Morgan fingerprint density at radius 3 is 2.70 bits per heavy atom. The molecule has 2 N–H and O–H groups in total. The Hall–Kier alpha value is -3.44. The van der Waals surface area contributed by atoms with Gasteiger partial charge in [-0.3, -0.25) is 29.4 Å². The third-order valence-electron chi connectivity index (χ3n) is 3.87. The summed E-state index contributed by atoms with van der Waals surface area (Å²) in [6.07, 6.45) is 1.25. The number of anilines is 1. The number of nitro benzene ring substituents is 1. The summed E-state index contributed by atoms with van der Waals surface area (Å²) in [5.41, 5.74) is -0.152. The van der Waals surface area contributed by atoms with Gasteiger partial charge < -0.3 is 10.4 Å². The summed E-state index contributed by atoms with van der Waals surface area (Å²) < 4.78 is 13.2. The number of phenols is 1. The van der Waals surface area contributed by atoms with Crippen molar-refractivity contribution in [3.8, 4) is 5.75 Å². The Labute approximate surface area is 177 Å². The highest BCUT2D eigenvalue weighted by Gasteiger charge is 2.36. The van der Waals surface area contributed by atoms with E-state index < -0.39 is 45.8 Å². The molecule has 12 heteroatoms. The predicted octanol–water partition coefficient (Wildman–Crippen LogP) is 3.77. The maximum Gasteiger partial charge on any atom is 0.311 e. The van der Waals surface area contributed by atoms with Crippen LogP contribution in [0.25, 0.3) is 6.08 Å². The van der Waals surface area contributed by atoms with Gasteiger partial charge in [0.05, 0.1) is 14.9 Å². The first-order chi connectivity index (χ1) is 14.2. The minimum Gasteiger partial charge on any atom is -0.502 e. The number of imide groups is 1. The fourth-order valence-corrected chi connectivity index (χ4v) is 3.50. The Morgan fingerprint density at radius 1 is 1.30 bits per heavy atom. The van der Waals surface area contributed by atoms with E-state index in [1.807, 2.05) is 0 Å². The molecule has 0 unspecified atom stereocenters. The van der Waals surface area contributed by atoms with Gasteiger partial charge in [0, 0.05) is 11.8 Å². The molecule has 1 fully saturated rings. The molecular weight excluding hydrogens is 441 g/mol. The number of benzene rings is 2. The van der Waals surface area contributed by atoms with Crippen molar-refractivity contribution in [3.05, 3.63) is 67.8 Å². The van der Waals surface area contributed by atoms with E-state index in [0.29, 0.717) is 16.7 Å². The summed E-state index contributed by atoms with van der Waals surface area (Å²) in [6.45, 7) is -0.591. The van der Waals surface area contributed by atoms with Crippen molar-refractivity contribution in [2.45, 2.75) is 0 Å². The van der Waals surface area contributed by atoms with Crippen molar-refractivity contribution in [1.82, 2.24) is 4.90 Å². The Morgan fingerprint density at radius 2 is 2.03 bits per heavy atom. The minimum atomic E-state index is -0.787. The maximum absolute atomic E-state index is 13.2. The van der Waals surface area contributed by atoms with Gasteiger partial charge in [-0.15, -0.1) is 0 Å². The molecule has 30 heavy (non-hydrogen) atoms. The number of nitro groups is 1. The largest absolute Gasteiger partial charge is 0.502 e. The van der Waals surface area contributed by atoms with Crippen LogP contribution in [0.3, 0.4) is 0 Å². The first-order valence-electron chi connectivity index (χ1n) is 8.13. The number of hydrogen-bond donors (Lipinski definition) is 2. The van der Waals surface area contributed by atoms with Gasteiger partial charge in [-0.05, 0) is 47.7 Å². The quantitative estimate of drug-likeness (QED) is 0.402. The second-order valence-corrected chi connectivity index (χ2v) is 7.35. The Bertz CT molecular complexity index is 1120. The molecule has 1 saturated heterocycles. The Balaban J connectivity index is 1.73. The summed E-state index contributed by atoms with van der Waals surface area (Å²) in [4.78, 5) is 47.5. The second-order valence-electron chi connectivity index (χ2n) is 5.95. The number of amides is 3. The van der Waals surface area contributed by atoms with Crippen LogP contribution in [-0.4, -0.2) is 38.5 Å². The molecule has 0 aliphatic carbocycles. The number of carbonyl (C=O) groups excluding carboxylic acids is 3. The van der Waals surface area contributed by atoms with Gasteiger partial charge in [0.15, 0.2) is 5.75 Å². The highest BCUT2D eigenvalue weighted by atomic mass is 35.5. The number of nitrogens with one attached hydrogen (secondary N) is 1. The van der Waals surface area contributed by atoms with Gasteiger partial charge in [0.2, 0.25) is 5.91 Å². The standard InChI is InChI=1S/C18H11ClFN3O6S/c19-11-7-10(2-3-12(11)20)21-16(25)8-22-17(26)15(30-18(22)27)6-9-1-4-14(24)13(5-9)23(28)29/h1-7,24H,8H2,(H,21,25)/b15-6+. The average Bonchev–Trinajstić information content (AvgIpc) is 2.93. The van der Waals surface area contributed by atoms with E-state index in [0.717, 1.165) is 18.2 Å². The first kappa shape index (κ1) is 21.3. The molecule has 1 aliphatic rings.